The molecule has 88 valence electrons. The van der Waals surface area contributed by atoms with Gasteiger partial charge in [0.15, 0.2) is 0 Å². The summed E-state index contributed by atoms with van der Waals surface area (Å²) in [5.74, 6) is -0.0549. The van der Waals surface area contributed by atoms with Gasteiger partial charge in [-0.2, -0.15) is 0 Å². The monoisotopic (exact) mass is 264 g/mol. The van der Waals surface area contributed by atoms with E-state index in [-0.39, 0.29) is 23.0 Å². The number of carbonyl (C=O) groups is 1. The molecule has 0 aromatic heterocycles. The molecule has 0 saturated heterocycles. The number of rotatable bonds is 2. The van der Waals surface area contributed by atoms with E-state index in [0.717, 1.165) is 11.3 Å². The summed E-state index contributed by atoms with van der Waals surface area (Å²) in [7, 11) is 0. The summed E-state index contributed by atoms with van der Waals surface area (Å²) in [6.45, 7) is 1.17. The van der Waals surface area contributed by atoms with E-state index in [0.29, 0.717) is 12.1 Å². The largest absolute Gasteiger partial charge is 0.399 e. The van der Waals surface area contributed by atoms with Gasteiger partial charge in [0.25, 0.3) is 0 Å². The summed E-state index contributed by atoms with van der Waals surface area (Å²) in [6.07, 6.45) is 0.324. The van der Waals surface area contributed by atoms with Crippen LogP contribution in [0.2, 0.25) is 0 Å². The first-order valence-electron chi connectivity index (χ1n) is 4.90. The number of fused-ring (bicyclic) bond motifs is 1. The van der Waals surface area contributed by atoms with Crippen molar-refractivity contribution in [1.29, 1.82) is 0 Å². The number of nitrogens with two attached hydrogens (primary N) is 1. The maximum atomic E-state index is 12.6. The van der Waals surface area contributed by atoms with Gasteiger partial charge in [0, 0.05) is 28.4 Å². The van der Waals surface area contributed by atoms with Crippen LogP contribution in [0.1, 0.15) is 12.5 Å². The van der Waals surface area contributed by atoms with Crippen LogP contribution in [0.5, 0.6) is 0 Å². The number of hydrogen-bond donors (Lipinski definition) is 1. The van der Waals surface area contributed by atoms with E-state index >= 15 is 0 Å². The predicted octanol–water partition coefficient (Wildman–Crippen LogP) is 1.51. The molecular formula is C11H13FFeN2O. The molecule has 0 bridgehead atoms. The summed E-state index contributed by atoms with van der Waals surface area (Å²) in [5, 5.41) is 0. The molecule has 1 aliphatic rings. The van der Waals surface area contributed by atoms with E-state index in [1.807, 2.05) is 0 Å². The Kier molecular flexibility index (Phi) is 3.94. The average molecular weight is 264 g/mol. The van der Waals surface area contributed by atoms with Crippen molar-refractivity contribution in [3.63, 3.8) is 0 Å². The molecule has 2 rings (SSSR count). The fourth-order valence-electron chi connectivity index (χ4n) is 1.92. The van der Waals surface area contributed by atoms with Crippen molar-refractivity contribution in [3.05, 3.63) is 23.8 Å². The Labute approximate surface area is 104 Å². The minimum atomic E-state index is -0.532. The maximum absolute atomic E-state index is 12.6. The van der Waals surface area contributed by atoms with Gasteiger partial charge in [0.05, 0.1) is 12.5 Å². The number of carbonyl (C=O) groups excluding carboxylic acids is 1. The fraction of sp³-hybridized carbons (Fsp3) is 0.364. The van der Waals surface area contributed by atoms with Gasteiger partial charge < -0.3 is 10.6 Å². The smallest absolute Gasteiger partial charge is 0.231 e. The van der Waals surface area contributed by atoms with Crippen molar-refractivity contribution in [3.8, 4) is 0 Å². The summed E-state index contributed by atoms with van der Waals surface area (Å²) in [5.41, 5.74) is 7.94. The molecule has 5 heteroatoms. The Bertz CT molecular complexity index is 411. The molecule has 1 aliphatic heterocycles. The Morgan fingerprint density at radius 1 is 1.56 bits per heavy atom. The second-order valence-corrected chi connectivity index (χ2v) is 3.83. The number of nitrogens with zero attached hydrogens (tertiary/aromatic N) is 1. The van der Waals surface area contributed by atoms with Crippen LogP contribution in [-0.4, -0.2) is 18.6 Å². The number of alkyl halides is 1. The zero-order valence-corrected chi connectivity index (χ0v) is 9.99. The molecular weight excluding hydrogens is 251 g/mol. The first kappa shape index (κ1) is 13.0. The molecule has 0 spiro atoms. The number of nitrogen functional groups attached to an aromatic ring is 1. The van der Waals surface area contributed by atoms with Gasteiger partial charge in [-0.25, -0.2) is 4.39 Å². The number of amides is 1. The van der Waals surface area contributed by atoms with Crippen LogP contribution in [-0.2, 0) is 28.3 Å². The molecule has 0 saturated carbocycles. The van der Waals surface area contributed by atoms with Gasteiger partial charge in [0.1, 0.15) is 6.67 Å². The van der Waals surface area contributed by atoms with Crippen LogP contribution in [0, 0.1) is 0 Å². The van der Waals surface area contributed by atoms with Crippen molar-refractivity contribution in [2.24, 2.45) is 0 Å². The van der Waals surface area contributed by atoms with Crippen LogP contribution in [0.25, 0.3) is 0 Å². The first-order chi connectivity index (χ1) is 7.13. The predicted molar refractivity (Wildman–Crippen MR) is 57.5 cm³/mol. The van der Waals surface area contributed by atoms with Crippen LogP contribution in [0.15, 0.2) is 18.2 Å². The Balaban J connectivity index is 0.00000128. The molecule has 0 radical (unpaired) electrons. The van der Waals surface area contributed by atoms with E-state index < -0.39 is 12.7 Å². The zero-order chi connectivity index (χ0) is 11.0. The number of hydrogen-bond acceptors (Lipinski definition) is 2. The molecule has 3 nitrogen and oxygen atoms in total. The van der Waals surface area contributed by atoms with E-state index in [9.17, 15) is 9.18 Å². The molecule has 16 heavy (non-hydrogen) atoms. The molecule has 0 fully saturated rings. The molecule has 1 aromatic carbocycles. The van der Waals surface area contributed by atoms with Crippen LogP contribution >= 0.6 is 0 Å². The third-order valence-corrected chi connectivity index (χ3v) is 2.64. The quantitative estimate of drug-likeness (QED) is 0.650. The summed E-state index contributed by atoms with van der Waals surface area (Å²) in [6, 6.07) is 4.89. The standard InChI is InChI=1S/C11H13FN2O.Fe/c1-7(6-12)14-10-3-2-9(13)4-8(10)5-11(14)15;/h2-4,7H,5-6,13H2,1H3;. The van der Waals surface area contributed by atoms with Crippen molar-refractivity contribution in [2.75, 3.05) is 17.3 Å². The SMILES string of the molecule is CC(CF)N1C(=O)Cc2cc(N)ccc21.[Fe]. The Hall–Kier alpha value is -1.06. The van der Waals surface area contributed by atoms with E-state index in [1.165, 1.54) is 4.90 Å². The molecule has 1 unspecified atom stereocenters. The van der Waals surface area contributed by atoms with Crippen LogP contribution in [0.4, 0.5) is 15.8 Å². The van der Waals surface area contributed by atoms with Gasteiger partial charge >= 0.3 is 0 Å². The van der Waals surface area contributed by atoms with E-state index in [2.05, 4.69) is 0 Å². The van der Waals surface area contributed by atoms with Crippen molar-refractivity contribution < 1.29 is 26.3 Å². The van der Waals surface area contributed by atoms with Crippen molar-refractivity contribution >= 4 is 17.3 Å². The number of anilines is 2. The fourth-order valence-corrected chi connectivity index (χ4v) is 1.92. The molecule has 1 heterocycles. The third kappa shape index (κ3) is 2.06. The van der Waals surface area contributed by atoms with Gasteiger partial charge in [-0.1, -0.05) is 0 Å². The Morgan fingerprint density at radius 2 is 2.25 bits per heavy atom. The maximum Gasteiger partial charge on any atom is 0.231 e. The van der Waals surface area contributed by atoms with Crippen LogP contribution in [0.3, 0.4) is 0 Å². The third-order valence-electron chi connectivity index (χ3n) is 2.64. The summed E-state index contributed by atoms with van der Waals surface area (Å²) >= 11 is 0. The average Bonchev–Trinajstić information content (AvgIpc) is 2.52. The topological polar surface area (TPSA) is 46.3 Å². The molecule has 1 atom stereocenters. The molecule has 2 N–H and O–H groups in total. The minimum Gasteiger partial charge on any atom is -0.399 e. The minimum absolute atomic E-state index is 0. The number of halogens is 1. The van der Waals surface area contributed by atoms with E-state index in [1.54, 1.807) is 25.1 Å². The normalized spacial score (nSPS) is 15.6. The molecule has 1 amide bonds. The number of benzene rings is 1. The van der Waals surface area contributed by atoms with Gasteiger partial charge in [0.2, 0.25) is 5.91 Å². The summed E-state index contributed by atoms with van der Waals surface area (Å²) < 4.78 is 12.6. The first-order valence-corrected chi connectivity index (χ1v) is 4.90. The van der Waals surface area contributed by atoms with Gasteiger partial charge in [-0.3, -0.25) is 4.79 Å². The Morgan fingerprint density at radius 3 is 2.88 bits per heavy atom. The summed E-state index contributed by atoms with van der Waals surface area (Å²) in [4.78, 5) is 13.2. The molecule has 0 aliphatic carbocycles. The second kappa shape index (κ2) is 4.85. The van der Waals surface area contributed by atoms with Gasteiger partial charge in [-0.15, -0.1) is 0 Å². The second-order valence-electron chi connectivity index (χ2n) is 3.83. The van der Waals surface area contributed by atoms with Crippen molar-refractivity contribution in [1.82, 2.24) is 0 Å². The molecule has 1 aromatic rings. The van der Waals surface area contributed by atoms with Gasteiger partial charge in [-0.05, 0) is 30.7 Å². The van der Waals surface area contributed by atoms with Crippen LogP contribution < -0.4 is 10.6 Å². The van der Waals surface area contributed by atoms with E-state index in [4.69, 9.17) is 5.73 Å². The van der Waals surface area contributed by atoms with Crippen molar-refractivity contribution in [2.45, 2.75) is 19.4 Å². The zero-order valence-electron chi connectivity index (χ0n) is 8.89.